The number of carbonyl (C=O) groups is 2. The number of fused-ring (bicyclic) bond motifs is 1. The zero-order valence-corrected chi connectivity index (χ0v) is 13.9. The van der Waals surface area contributed by atoms with Crippen molar-refractivity contribution in [2.75, 3.05) is 0 Å². The van der Waals surface area contributed by atoms with Crippen LogP contribution in [0.5, 0.6) is 0 Å². The molecule has 22 heavy (non-hydrogen) atoms. The lowest BCUT2D eigenvalue weighted by atomic mass is 9.52. The van der Waals surface area contributed by atoms with Gasteiger partial charge in [-0.15, -0.1) is 0 Å². The minimum absolute atomic E-state index is 0.0707. The van der Waals surface area contributed by atoms with Gasteiger partial charge in [0.05, 0.1) is 16.7 Å². The summed E-state index contributed by atoms with van der Waals surface area (Å²) in [5.41, 5.74) is 0.930. The summed E-state index contributed by atoms with van der Waals surface area (Å²) in [6, 6.07) is 7.28. The molecule has 2 amide bonds. The van der Waals surface area contributed by atoms with Gasteiger partial charge in [0, 0.05) is 4.32 Å². The van der Waals surface area contributed by atoms with E-state index in [1.54, 1.807) is 17.0 Å². The maximum atomic E-state index is 12.9. The summed E-state index contributed by atoms with van der Waals surface area (Å²) < 4.78 is 0.145. The molecule has 1 aliphatic heterocycles. The maximum Gasteiger partial charge on any atom is 0.262 e. The fourth-order valence-electron chi connectivity index (χ4n) is 5.99. The largest absolute Gasteiger partial charge is 0.269 e. The zero-order chi connectivity index (χ0) is 15.1. The molecule has 1 aromatic rings. The fourth-order valence-corrected chi connectivity index (χ4v) is 7.42. The van der Waals surface area contributed by atoms with E-state index < -0.39 is 0 Å². The molecule has 0 saturated heterocycles. The average molecular weight is 360 g/mol. The van der Waals surface area contributed by atoms with Crippen molar-refractivity contribution >= 4 is 27.7 Å². The van der Waals surface area contributed by atoms with Crippen LogP contribution in [0.2, 0.25) is 0 Å². The topological polar surface area (TPSA) is 37.4 Å². The highest BCUT2D eigenvalue weighted by molar-refractivity contribution is 9.10. The SMILES string of the molecule is O=C1c2ccccc2C(=O)N1C12C[C@@H]3C[C@H](CC(Br)(C3)C1)C2. The van der Waals surface area contributed by atoms with Gasteiger partial charge in [0.15, 0.2) is 0 Å². The van der Waals surface area contributed by atoms with Crippen molar-refractivity contribution in [3.8, 4) is 0 Å². The molecule has 4 heteroatoms. The predicted octanol–water partition coefficient (Wildman–Crippen LogP) is 3.77. The summed E-state index contributed by atoms with van der Waals surface area (Å²) in [6.07, 6.45) is 6.62. The molecule has 4 fully saturated rings. The summed E-state index contributed by atoms with van der Waals surface area (Å²) >= 11 is 3.97. The molecule has 0 aromatic heterocycles. The standard InChI is InChI=1S/C18H18BrNO2/c19-17-6-11-5-12(7-17)9-18(8-11,10-17)20-15(21)13-3-1-2-4-14(13)16(20)22/h1-4,11-12H,5-10H2/t11-,12-,17?,18?/m1/s1. The van der Waals surface area contributed by atoms with Crippen LogP contribution in [-0.4, -0.2) is 26.6 Å². The lowest BCUT2D eigenvalue weighted by Gasteiger charge is -2.62. The Morgan fingerprint density at radius 3 is 2.00 bits per heavy atom. The quantitative estimate of drug-likeness (QED) is 0.565. The number of hydrogen-bond acceptors (Lipinski definition) is 2. The Morgan fingerprint density at radius 1 is 0.955 bits per heavy atom. The van der Waals surface area contributed by atoms with Crippen molar-refractivity contribution < 1.29 is 9.59 Å². The van der Waals surface area contributed by atoms with Gasteiger partial charge >= 0.3 is 0 Å². The molecule has 4 bridgehead atoms. The molecule has 3 nitrogen and oxygen atoms in total. The van der Waals surface area contributed by atoms with Crippen molar-refractivity contribution in [1.29, 1.82) is 0 Å². The lowest BCUT2D eigenvalue weighted by molar-refractivity contribution is -0.0488. The maximum absolute atomic E-state index is 12.9. The van der Waals surface area contributed by atoms with Gasteiger partial charge in [0.25, 0.3) is 11.8 Å². The van der Waals surface area contributed by atoms with E-state index in [-0.39, 0.29) is 21.7 Å². The minimum Gasteiger partial charge on any atom is -0.269 e. The molecule has 0 N–H and O–H groups in total. The third-order valence-corrected chi connectivity index (χ3v) is 7.16. The van der Waals surface area contributed by atoms with E-state index in [4.69, 9.17) is 0 Å². The van der Waals surface area contributed by atoms with Crippen LogP contribution in [-0.2, 0) is 0 Å². The van der Waals surface area contributed by atoms with Crippen LogP contribution >= 0.6 is 15.9 Å². The highest BCUT2D eigenvalue weighted by Gasteiger charge is 2.62. The zero-order valence-electron chi connectivity index (χ0n) is 12.3. The van der Waals surface area contributed by atoms with Gasteiger partial charge in [-0.3, -0.25) is 14.5 Å². The first-order valence-corrected chi connectivity index (χ1v) is 8.96. The highest BCUT2D eigenvalue weighted by atomic mass is 79.9. The average Bonchev–Trinajstić information content (AvgIpc) is 2.69. The Morgan fingerprint density at radius 2 is 1.50 bits per heavy atom. The Labute approximate surface area is 138 Å². The minimum atomic E-state index is -0.249. The van der Waals surface area contributed by atoms with Crippen molar-refractivity contribution in [1.82, 2.24) is 4.90 Å². The molecule has 0 unspecified atom stereocenters. The third kappa shape index (κ3) is 1.57. The lowest BCUT2D eigenvalue weighted by Crippen LogP contribution is -2.65. The van der Waals surface area contributed by atoms with Crippen molar-refractivity contribution in [2.45, 2.75) is 48.4 Å². The summed E-state index contributed by atoms with van der Waals surface area (Å²) in [5, 5.41) is 0. The van der Waals surface area contributed by atoms with E-state index >= 15 is 0 Å². The van der Waals surface area contributed by atoms with E-state index in [1.165, 1.54) is 19.3 Å². The van der Waals surface area contributed by atoms with E-state index in [9.17, 15) is 9.59 Å². The molecule has 114 valence electrons. The molecular formula is C18H18BrNO2. The number of halogens is 1. The molecular weight excluding hydrogens is 342 g/mol. The first-order valence-electron chi connectivity index (χ1n) is 8.17. The number of rotatable bonds is 1. The first-order chi connectivity index (χ1) is 10.5. The number of amides is 2. The Bertz CT molecular complexity index is 664. The normalized spacial score (nSPS) is 42.1. The van der Waals surface area contributed by atoms with Gasteiger partial charge < -0.3 is 0 Å². The molecule has 1 heterocycles. The first kappa shape index (κ1) is 13.3. The summed E-state index contributed by atoms with van der Waals surface area (Å²) in [4.78, 5) is 27.5. The van der Waals surface area contributed by atoms with Crippen molar-refractivity contribution in [3.63, 3.8) is 0 Å². The van der Waals surface area contributed by atoms with Gasteiger partial charge in [-0.2, -0.15) is 0 Å². The molecule has 4 aliphatic carbocycles. The summed E-state index contributed by atoms with van der Waals surface area (Å²) in [5.74, 6) is 1.17. The van der Waals surface area contributed by atoms with Crippen LogP contribution < -0.4 is 0 Å². The number of carbonyl (C=O) groups excluding carboxylic acids is 2. The second-order valence-electron chi connectivity index (χ2n) is 7.83. The van der Waals surface area contributed by atoms with E-state index in [1.807, 2.05) is 12.1 Å². The number of nitrogens with zero attached hydrogens (tertiary/aromatic N) is 1. The molecule has 0 radical (unpaired) electrons. The number of benzene rings is 1. The van der Waals surface area contributed by atoms with Gasteiger partial charge in [-0.05, 0) is 62.5 Å². The van der Waals surface area contributed by atoms with Gasteiger partial charge in [0.1, 0.15) is 0 Å². The molecule has 1 aromatic carbocycles. The predicted molar refractivity (Wildman–Crippen MR) is 86.0 cm³/mol. The van der Waals surface area contributed by atoms with Gasteiger partial charge in [0.2, 0.25) is 0 Å². The Kier molecular flexibility index (Phi) is 2.43. The summed E-state index contributed by atoms with van der Waals surface area (Å²) in [6.45, 7) is 0. The molecule has 5 aliphatic rings. The fraction of sp³-hybridized carbons (Fsp3) is 0.556. The van der Waals surface area contributed by atoms with E-state index in [2.05, 4.69) is 15.9 Å². The Balaban J connectivity index is 1.61. The van der Waals surface area contributed by atoms with E-state index in [0.29, 0.717) is 23.0 Å². The van der Waals surface area contributed by atoms with Crippen LogP contribution in [0.4, 0.5) is 0 Å². The van der Waals surface area contributed by atoms with Crippen LogP contribution in [0.1, 0.15) is 59.2 Å². The summed E-state index contributed by atoms with van der Waals surface area (Å²) in [7, 11) is 0. The van der Waals surface area contributed by atoms with Crippen LogP contribution in [0, 0.1) is 11.8 Å². The number of alkyl halides is 1. The Hall–Kier alpha value is -1.16. The second-order valence-corrected chi connectivity index (χ2v) is 9.51. The van der Waals surface area contributed by atoms with Crippen LogP contribution in [0.3, 0.4) is 0 Å². The second kappa shape index (κ2) is 4.02. The molecule has 4 saturated carbocycles. The monoisotopic (exact) mass is 359 g/mol. The molecule has 0 spiro atoms. The number of imide groups is 1. The number of hydrogen-bond donors (Lipinski definition) is 0. The van der Waals surface area contributed by atoms with Crippen LogP contribution in [0.15, 0.2) is 24.3 Å². The van der Waals surface area contributed by atoms with Crippen LogP contribution in [0.25, 0.3) is 0 Å². The molecule has 6 rings (SSSR count). The van der Waals surface area contributed by atoms with Crippen molar-refractivity contribution in [3.05, 3.63) is 35.4 Å². The third-order valence-electron chi connectivity index (χ3n) is 6.23. The van der Waals surface area contributed by atoms with Crippen molar-refractivity contribution in [2.24, 2.45) is 11.8 Å². The highest BCUT2D eigenvalue weighted by Crippen LogP contribution is 2.63. The molecule has 2 atom stereocenters. The smallest absolute Gasteiger partial charge is 0.262 e. The van der Waals surface area contributed by atoms with Gasteiger partial charge in [-0.1, -0.05) is 28.1 Å². The van der Waals surface area contributed by atoms with Gasteiger partial charge in [-0.25, -0.2) is 0 Å². The van der Waals surface area contributed by atoms with E-state index in [0.717, 1.165) is 19.3 Å².